The number of nitro benzene ring substituents is 1. The SMILES string of the molecule is C#CCCCN1CCN(C(=O)Oc2ccc([N+](=O)[O-])cc2)CC1. The van der Waals surface area contributed by atoms with Crippen molar-refractivity contribution in [2.24, 2.45) is 0 Å². The molecule has 0 saturated carbocycles. The Bertz CT molecular complexity index is 586. The molecule has 1 aromatic carbocycles. The van der Waals surface area contributed by atoms with Crippen LogP contribution in [0.5, 0.6) is 5.75 Å². The summed E-state index contributed by atoms with van der Waals surface area (Å²) in [5.41, 5.74) is -0.0367. The van der Waals surface area contributed by atoms with Gasteiger partial charge in [-0.25, -0.2) is 4.79 Å². The first-order chi connectivity index (χ1) is 11.1. The third-order valence-electron chi connectivity index (χ3n) is 3.68. The van der Waals surface area contributed by atoms with Crippen LogP contribution >= 0.6 is 0 Å². The fraction of sp³-hybridized carbons (Fsp3) is 0.438. The molecule has 122 valence electrons. The lowest BCUT2D eigenvalue weighted by atomic mass is 10.2. The van der Waals surface area contributed by atoms with Gasteiger partial charge in [0.1, 0.15) is 5.75 Å². The smallest absolute Gasteiger partial charge is 0.410 e. The topological polar surface area (TPSA) is 75.9 Å². The van der Waals surface area contributed by atoms with Crippen LogP contribution in [0.4, 0.5) is 10.5 Å². The van der Waals surface area contributed by atoms with Gasteiger partial charge in [0.25, 0.3) is 5.69 Å². The fourth-order valence-corrected chi connectivity index (χ4v) is 2.36. The van der Waals surface area contributed by atoms with Gasteiger partial charge in [0.2, 0.25) is 0 Å². The Morgan fingerprint density at radius 1 is 1.26 bits per heavy atom. The van der Waals surface area contributed by atoms with E-state index in [1.165, 1.54) is 24.3 Å². The number of amides is 1. The minimum atomic E-state index is -0.495. The summed E-state index contributed by atoms with van der Waals surface area (Å²) in [4.78, 5) is 26.1. The van der Waals surface area contributed by atoms with Crippen LogP contribution in [0.25, 0.3) is 0 Å². The van der Waals surface area contributed by atoms with Crippen molar-refractivity contribution < 1.29 is 14.5 Å². The maximum atomic E-state index is 12.1. The Morgan fingerprint density at radius 2 is 1.91 bits per heavy atom. The highest BCUT2D eigenvalue weighted by atomic mass is 16.6. The third-order valence-corrected chi connectivity index (χ3v) is 3.68. The lowest BCUT2D eigenvalue weighted by Crippen LogP contribution is -2.49. The van der Waals surface area contributed by atoms with Gasteiger partial charge in [-0.2, -0.15) is 0 Å². The number of nitro groups is 1. The highest BCUT2D eigenvalue weighted by Crippen LogP contribution is 2.18. The Morgan fingerprint density at radius 3 is 2.48 bits per heavy atom. The Balaban J connectivity index is 1.78. The Kier molecular flexibility index (Phi) is 5.94. The number of non-ortho nitro benzene ring substituents is 1. The van der Waals surface area contributed by atoms with E-state index in [0.717, 1.165) is 32.5 Å². The molecule has 0 spiro atoms. The second-order valence-electron chi connectivity index (χ2n) is 5.26. The zero-order chi connectivity index (χ0) is 16.7. The predicted octanol–water partition coefficient (Wildman–Crippen LogP) is 2.12. The lowest BCUT2D eigenvalue weighted by molar-refractivity contribution is -0.384. The van der Waals surface area contributed by atoms with E-state index >= 15 is 0 Å². The summed E-state index contributed by atoms with van der Waals surface area (Å²) < 4.78 is 5.24. The van der Waals surface area contributed by atoms with Gasteiger partial charge in [0.15, 0.2) is 0 Å². The number of nitrogens with zero attached hydrogens (tertiary/aromatic N) is 3. The van der Waals surface area contributed by atoms with Crippen LogP contribution in [-0.4, -0.2) is 53.5 Å². The number of piperazine rings is 1. The molecule has 7 heteroatoms. The van der Waals surface area contributed by atoms with Gasteiger partial charge in [-0.3, -0.25) is 15.0 Å². The largest absolute Gasteiger partial charge is 0.415 e. The lowest BCUT2D eigenvalue weighted by Gasteiger charge is -2.33. The van der Waals surface area contributed by atoms with Crippen LogP contribution in [0.3, 0.4) is 0 Å². The molecule has 0 unspecified atom stereocenters. The van der Waals surface area contributed by atoms with Crippen LogP contribution in [0.15, 0.2) is 24.3 Å². The minimum absolute atomic E-state index is 0.0367. The van der Waals surface area contributed by atoms with Gasteiger partial charge in [-0.05, 0) is 25.1 Å². The number of carbonyl (C=O) groups excluding carboxylic acids is 1. The number of hydrogen-bond acceptors (Lipinski definition) is 5. The monoisotopic (exact) mass is 317 g/mol. The molecule has 0 aromatic heterocycles. The first kappa shape index (κ1) is 16.8. The van der Waals surface area contributed by atoms with Gasteiger partial charge in [-0.1, -0.05) is 0 Å². The molecule has 1 aliphatic heterocycles. The molecule has 1 aliphatic rings. The van der Waals surface area contributed by atoms with E-state index in [4.69, 9.17) is 11.2 Å². The van der Waals surface area contributed by atoms with Crippen LogP contribution in [-0.2, 0) is 0 Å². The average Bonchev–Trinajstić information content (AvgIpc) is 2.56. The number of ether oxygens (including phenoxy) is 1. The molecule has 0 aliphatic carbocycles. The fourth-order valence-electron chi connectivity index (χ4n) is 2.36. The Hall–Kier alpha value is -2.59. The molecule has 2 rings (SSSR count). The first-order valence-electron chi connectivity index (χ1n) is 7.47. The molecule has 7 nitrogen and oxygen atoms in total. The highest BCUT2D eigenvalue weighted by Gasteiger charge is 2.22. The highest BCUT2D eigenvalue weighted by molar-refractivity contribution is 5.70. The molecule has 1 amide bonds. The van der Waals surface area contributed by atoms with Crippen molar-refractivity contribution in [2.45, 2.75) is 12.8 Å². The number of unbranched alkanes of at least 4 members (excludes halogenated alkanes) is 1. The van der Waals surface area contributed by atoms with Crippen molar-refractivity contribution in [1.29, 1.82) is 0 Å². The van der Waals surface area contributed by atoms with Gasteiger partial charge < -0.3 is 9.64 Å². The summed E-state index contributed by atoms with van der Waals surface area (Å²) in [6, 6.07) is 5.47. The molecule has 0 radical (unpaired) electrons. The van der Waals surface area contributed by atoms with Crippen LogP contribution in [0, 0.1) is 22.5 Å². The molecule has 1 heterocycles. The van der Waals surface area contributed by atoms with E-state index in [9.17, 15) is 14.9 Å². The maximum Gasteiger partial charge on any atom is 0.415 e. The predicted molar refractivity (Wildman–Crippen MR) is 85.2 cm³/mol. The van der Waals surface area contributed by atoms with E-state index in [1.54, 1.807) is 4.90 Å². The van der Waals surface area contributed by atoms with Crippen LogP contribution in [0.2, 0.25) is 0 Å². The second kappa shape index (κ2) is 8.15. The normalized spacial score (nSPS) is 15.0. The number of benzene rings is 1. The summed E-state index contributed by atoms with van der Waals surface area (Å²) in [6.45, 7) is 3.72. The third kappa shape index (κ3) is 4.97. The first-order valence-corrected chi connectivity index (χ1v) is 7.47. The quantitative estimate of drug-likeness (QED) is 0.360. The minimum Gasteiger partial charge on any atom is -0.410 e. The van der Waals surface area contributed by atoms with Crippen molar-refractivity contribution in [3.8, 4) is 18.1 Å². The Labute approximate surface area is 135 Å². The molecular weight excluding hydrogens is 298 g/mol. The summed E-state index contributed by atoms with van der Waals surface area (Å²) in [5.74, 6) is 2.92. The molecule has 1 aromatic rings. The van der Waals surface area contributed by atoms with E-state index < -0.39 is 11.0 Å². The van der Waals surface area contributed by atoms with Gasteiger partial charge in [0.05, 0.1) is 4.92 Å². The van der Waals surface area contributed by atoms with E-state index in [0.29, 0.717) is 18.8 Å². The van der Waals surface area contributed by atoms with Crippen molar-refractivity contribution in [3.63, 3.8) is 0 Å². The number of hydrogen-bond donors (Lipinski definition) is 0. The molecule has 23 heavy (non-hydrogen) atoms. The van der Waals surface area contributed by atoms with Crippen LogP contribution < -0.4 is 4.74 Å². The number of carbonyl (C=O) groups is 1. The zero-order valence-electron chi connectivity index (χ0n) is 12.8. The van der Waals surface area contributed by atoms with Gasteiger partial charge in [-0.15, -0.1) is 12.3 Å². The van der Waals surface area contributed by atoms with Gasteiger partial charge in [0, 0.05) is 44.7 Å². The molecule has 1 fully saturated rings. The van der Waals surface area contributed by atoms with Crippen molar-refractivity contribution in [1.82, 2.24) is 9.80 Å². The summed E-state index contributed by atoms with van der Waals surface area (Å²) in [7, 11) is 0. The molecule has 0 N–H and O–H groups in total. The number of terminal acetylenes is 1. The summed E-state index contributed by atoms with van der Waals surface area (Å²) >= 11 is 0. The van der Waals surface area contributed by atoms with Crippen LogP contribution in [0.1, 0.15) is 12.8 Å². The van der Waals surface area contributed by atoms with Crippen molar-refractivity contribution in [3.05, 3.63) is 34.4 Å². The van der Waals surface area contributed by atoms with E-state index in [1.807, 2.05) is 0 Å². The van der Waals surface area contributed by atoms with E-state index in [2.05, 4.69) is 10.8 Å². The van der Waals surface area contributed by atoms with Gasteiger partial charge >= 0.3 is 6.09 Å². The standard InChI is InChI=1S/C16H19N3O4/c1-2-3-4-9-17-10-12-18(13-11-17)16(20)23-15-7-5-14(6-8-15)19(21)22/h1,5-8H,3-4,9-13H2. The summed E-state index contributed by atoms with van der Waals surface area (Å²) in [5, 5.41) is 10.6. The molecule has 0 bridgehead atoms. The molecule has 0 atom stereocenters. The van der Waals surface area contributed by atoms with E-state index in [-0.39, 0.29) is 5.69 Å². The summed E-state index contributed by atoms with van der Waals surface area (Å²) in [6.07, 6.45) is 6.53. The van der Waals surface area contributed by atoms with Crippen molar-refractivity contribution in [2.75, 3.05) is 32.7 Å². The maximum absolute atomic E-state index is 12.1. The molecular formula is C16H19N3O4. The van der Waals surface area contributed by atoms with Crippen molar-refractivity contribution >= 4 is 11.8 Å². The zero-order valence-corrected chi connectivity index (χ0v) is 12.8. The average molecular weight is 317 g/mol. The second-order valence-corrected chi connectivity index (χ2v) is 5.26. The molecule has 1 saturated heterocycles. The number of rotatable bonds is 5.